The maximum absolute atomic E-state index is 5.56. The minimum Gasteiger partial charge on any atom is -0.321 e. The molecule has 0 amide bonds. The number of benzene rings is 8. The molecule has 1 aliphatic heterocycles. The van der Waals surface area contributed by atoms with E-state index in [9.17, 15) is 0 Å². The summed E-state index contributed by atoms with van der Waals surface area (Å²) in [6.07, 6.45) is 0. The van der Waals surface area contributed by atoms with Gasteiger partial charge in [-0.15, -0.1) is 20.4 Å². The highest BCUT2D eigenvalue weighted by Gasteiger charge is 2.22. The highest BCUT2D eigenvalue weighted by Crippen LogP contribution is 2.38. The van der Waals surface area contributed by atoms with Crippen molar-refractivity contribution in [3.63, 3.8) is 0 Å². The molecule has 11 rings (SSSR count). The molecule has 10 aromatic rings. The van der Waals surface area contributed by atoms with Crippen molar-refractivity contribution in [2.24, 2.45) is 9.98 Å². The summed E-state index contributed by atoms with van der Waals surface area (Å²) in [6, 6.07) is 62.3. The number of aromatic nitrogens is 6. The molecule has 0 radical (unpaired) electrons. The summed E-state index contributed by atoms with van der Waals surface area (Å²) in [6.45, 7) is 0. The van der Waals surface area contributed by atoms with Gasteiger partial charge in [0.25, 0.3) is 0 Å². The number of hydrogen-bond donors (Lipinski definition) is 2. The monoisotopic (exact) mass is 744 g/mol. The van der Waals surface area contributed by atoms with Crippen LogP contribution in [-0.4, -0.2) is 41.8 Å². The Morgan fingerprint density at radius 2 is 0.569 bits per heavy atom. The van der Waals surface area contributed by atoms with Crippen molar-refractivity contribution in [1.29, 1.82) is 0 Å². The Bertz CT molecular complexity index is 2980. The molecule has 0 aliphatic carbocycles. The molecule has 0 atom stereocenters. The zero-order valence-electron chi connectivity index (χ0n) is 31.0. The molecule has 3 heterocycles. The highest BCUT2D eigenvalue weighted by atomic mass is 15.2. The summed E-state index contributed by atoms with van der Waals surface area (Å²) in [7, 11) is 0. The molecule has 58 heavy (non-hydrogen) atoms. The lowest BCUT2D eigenvalue weighted by atomic mass is 9.92. The Labute approximate surface area is 333 Å². The normalized spacial score (nSPS) is 12.3. The first-order valence-corrected chi connectivity index (χ1v) is 19.1. The van der Waals surface area contributed by atoms with Gasteiger partial charge in [0.1, 0.15) is 0 Å². The molecule has 2 aromatic heterocycles. The first-order valence-electron chi connectivity index (χ1n) is 19.1. The van der Waals surface area contributed by atoms with Crippen molar-refractivity contribution in [3.05, 3.63) is 204 Å². The van der Waals surface area contributed by atoms with Crippen molar-refractivity contribution >= 4 is 44.3 Å². The Morgan fingerprint density at radius 3 is 0.931 bits per heavy atom. The second-order valence-corrected chi connectivity index (χ2v) is 14.3. The summed E-state index contributed by atoms with van der Waals surface area (Å²) in [5.41, 5.74) is 11.0. The minimum absolute atomic E-state index is 0.702. The molecule has 1 aliphatic rings. The number of nitrogens with one attached hydrogen (secondary N) is 2. The zero-order chi connectivity index (χ0) is 38.4. The summed E-state index contributed by atoms with van der Waals surface area (Å²) in [5.74, 6) is 2.86. The molecule has 8 aromatic carbocycles. The second-order valence-electron chi connectivity index (χ2n) is 14.3. The number of fused-ring (bicyclic) bond motifs is 4. The fourth-order valence-corrected chi connectivity index (χ4v) is 7.63. The topological polar surface area (TPSA) is 108 Å². The molecule has 272 valence electrons. The smallest absolute Gasteiger partial charge is 0.161 e. The fraction of sp³-hybridized carbons (Fsp3) is 0. The number of aromatic amines is 2. The Balaban J connectivity index is 1.05. The van der Waals surface area contributed by atoms with Crippen LogP contribution in [0.25, 0.3) is 67.1 Å². The quantitative estimate of drug-likeness (QED) is 0.177. The molecule has 2 N–H and O–H groups in total. The maximum Gasteiger partial charge on any atom is 0.161 e. The van der Waals surface area contributed by atoms with Crippen LogP contribution in [0.3, 0.4) is 0 Å². The fourth-order valence-electron chi connectivity index (χ4n) is 7.63. The Hall–Kier alpha value is -8.10. The summed E-state index contributed by atoms with van der Waals surface area (Å²) >= 11 is 0. The number of H-pyrrole nitrogens is 2. The lowest BCUT2D eigenvalue weighted by molar-refractivity contribution is 1.10. The average molecular weight is 745 g/mol. The van der Waals surface area contributed by atoms with Gasteiger partial charge >= 0.3 is 0 Å². The van der Waals surface area contributed by atoms with Gasteiger partial charge in [0.2, 0.25) is 0 Å². The second kappa shape index (κ2) is 13.9. The highest BCUT2D eigenvalue weighted by molar-refractivity contribution is 6.24. The van der Waals surface area contributed by atoms with E-state index >= 15 is 0 Å². The van der Waals surface area contributed by atoms with Crippen LogP contribution < -0.4 is 0 Å². The van der Waals surface area contributed by atoms with Crippen molar-refractivity contribution in [3.8, 4) is 45.6 Å². The molecule has 8 heteroatoms. The third-order valence-electron chi connectivity index (χ3n) is 10.6. The molecule has 0 fully saturated rings. The van der Waals surface area contributed by atoms with Gasteiger partial charge in [-0.2, -0.15) is 0 Å². The SMILES string of the molecule is c1ccc(-c2nnc(-c3ccc(C4=Nc5cc6ccccc6cc5C(c5ccc(-c6nnc(-c7ccccc7)[nH]6)cc5)=Nc5cc6ccccc6cc54)cc3)[nH]2)cc1. The average Bonchev–Trinajstić information content (AvgIpc) is 3.99. The summed E-state index contributed by atoms with van der Waals surface area (Å²) in [4.78, 5) is 17.9. The Kier molecular flexibility index (Phi) is 7.96. The van der Waals surface area contributed by atoms with Crippen molar-refractivity contribution < 1.29 is 0 Å². The summed E-state index contributed by atoms with van der Waals surface area (Å²) < 4.78 is 0. The zero-order valence-corrected chi connectivity index (χ0v) is 31.0. The number of aliphatic imine (C=N–C) groups is 2. The van der Waals surface area contributed by atoms with Gasteiger partial charge in [-0.25, -0.2) is 9.98 Å². The first-order chi connectivity index (χ1) is 28.7. The third-order valence-corrected chi connectivity index (χ3v) is 10.6. The largest absolute Gasteiger partial charge is 0.321 e. The van der Waals surface area contributed by atoms with E-state index in [4.69, 9.17) is 9.98 Å². The van der Waals surface area contributed by atoms with Crippen molar-refractivity contribution in [2.75, 3.05) is 0 Å². The molecule has 0 unspecified atom stereocenters. The van der Waals surface area contributed by atoms with Crippen LogP contribution in [0.2, 0.25) is 0 Å². The van der Waals surface area contributed by atoms with E-state index in [1.807, 2.05) is 60.7 Å². The third kappa shape index (κ3) is 6.06. The number of rotatable bonds is 6. The lowest BCUT2D eigenvalue weighted by Crippen LogP contribution is -2.10. The van der Waals surface area contributed by atoms with E-state index in [1.54, 1.807) is 0 Å². The lowest BCUT2D eigenvalue weighted by Gasteiger charge is -2.20. The van der Waals surface area contributed by atoms with Crippen molar-refractivity contribution in [1.82, 2.24) is 30.4 Å². The standard InChI is InChI=1S/C50H32N8/c1-3-11-33(12-4-1)47-53-49(57-55-47)35-23-19-31(20-24-35)45-41-27-37-15-7-9-17-39(37)29-43(41)52-46(42-28-38-16-8-10-18-40(38)30-44(42)51-45)32-21-25-36(26-22-32)50-54-48(56-58-50)34-13-5-2-6-14-34/h1-30H,(H,53,55,57)(H,54,56,58). The van der Waals surface area contributed by atoms with Gasteiger partial charge in [-0.1, -0.05) is 158 Å². The van der Waals surface area contributed by atoms with Crippen LogP contribution in [0.1, 0.15) is 22.3 Å². The van der Waals surface area contributed by atoms with Gasteiger partial charge < -0.3 is 9.97 Å². The van der Waals surface area contributed by atoms with Crippen LogP contribution in [0.15, 0.2) is 192 Å². The van der Waals surface area contributed by atoms with E-state index in [0.29, 0.717) is 11.6 Å². The number of nitrogens with zero attached hydrogens (tertiary/aromatic N) is 6. The van der Waals surface area contributed by atoms with Crippen LogP contribution in [0.5, 0.6) is 0 Å². The molecular weight excluding hydrogens is 713 g/mol. The molecule has 8 nitrogen and oxygen atoms in total. The van der Waals surface area contributed by atoms with E-state index < -0.39 is 0 Å². The van der Waals surface area contributed by atoms with Crippen molar-refractivity contribution in [2.45, 2.75) is 0 Å². The van der Waals surface area contributed by atoms with Gasteiger partial charge in [0.05, 0.1) is 22.8 Å². The van der Waals surface area contributed by atoms with E-state index in [0.717, 1.165) is 100 Å². The van der Waals surface area contributed by atoms with Crippen LogP contribution >= 0.6 is 0 Å². The molecule has 0 spiro atoms. The molecule has 0 bridgehead atoms. The first kappa shape index (κ1) is 33.3. The Morgan fingerprint density at radius 1 is 0.276 bits per heavy atom. The predicted molar refractivity (Wildman–Crippen MR) is 233 cm³/mol. The minimum atomic E-state index is 0.702. The predicted octanol–water partition coefficient (Wildman–Crippen LogP) is 11.5. The van der Waals surface area contributed by atoms with E-state index in [2.05, 4.69) is 152 Å². The van der Waals surface area contributed by atoms with E-state index in [-0.39, 0.29) is 0 Å². The number of hydrogen-bond acceptors (Lipinski definition) is 6. The maximum atomic E-state index is 5.56. The molecule has 0 saturated carbocycles. The van der Waals surface area contributed by atoms with Crippen LogP contribution in [0, 0.1) is 0 Å². The molecule has 0 saturated heterocycles. The summed E-state index contributed by atoms with van der Waals surface area (Å²) in [5, 5.41) is 22.2. The van der Waals surface area contributed by atoms with E-state index in [1.165, 1.54) is 0 Å². The van der Waals surface area contributed by atoms with Gasteiger partial charge in [0, 0.05) is 44.5 Å². The van der Waals surface area contributed by atoms with Gasteiger partial charge in [-0.05, 0) is 45.8 Å². The van der Waals surface area contributed by atoms with Crippen LogP contribution in [-0.2, 0) is 0 Å². The van der Waals surface area contributed by atoms with Gasteiger partial charge in [0.15, 0.2) is 23.3 Å². The molecular formula is C50H32N8. The van der Waals surface area contributed by atoms with Gasteiger partial charge in [-0.3, -0.25) is 0 Å². The van der Waals surface area contributed by atoms with Crippen LogP contribution in [0.4, 0.5) is 11.4 Å².